The molecule has 1 aliphatic heterocycles. The van der Waals surface area contributed by atoms with Crippen molar-refractivity contribution in [2.45, 2.75) is 12.8 Å². The summed E-state index contributed by atoms with van der Waals surface area (Å²) >= 11 is 0. The van der Waals surface area contributed by atoms with Gasteiger partial charge in [0.05, 0.1) is 18.9 Å². The van der Waals surface area contributed by atoms with Crippen molar-refractivity contribution in [1.29, 1.82) is 0 Å². The normalized spacial score (nSPS) is 23.4. The number of hydrogen-bond acceptors (Lipinski definition) is 4. The third kappa shape index (κ3) is 3.78. The summed E-state index contributed by atoms with van der Waals surface area (Å²) < 4.78 is 5.18. The first-order chi connectivity index (χ1) is 12.1. The summed E-state index contributed by atoms with van der Waals surface area (Å²) in [5.74, 6) is -1.11. The molecular weight excluding hydrogens is 320 g/mol. The number of nitrogens with zero attached hydrogens (tertiary/aromatic N) is 2. The summed E-state index contributed by atoms with van der Waals surface area (Å²) in [5, 5.41) is 9.37. The fraction of sp³-hybridized carbons (Fsp3) is 0.474. The van der Waals surface area contributed by atoms with E-state index in [0.717, 1.165) is 24.5 Å². The summed E-state index contributed by atoms with van der Waals surface area (Å²) in [6.07, 6.45) is 4.76. The Balaban J connectivity index is 1.60. The molecule has 1 amide bonds. The van der Waals surface area contributed by atoms with Gasteiger partial charge in [0, 0.05) is 31.9 Å². The van der Waals surface area contributed by atoms with E-state index >= 15 is 0 Å². The van der Waals surface area contributed by atoms with Crippen LogP contribution in [0, 0.1) is 11.8 Å². The average molecular weight is 344 g/mol. The number of methoxy groups -OCH3 is 1. The van der Waals surface area contributed by atoms with Crippen molar-refractivity contribution >= 4 is 17.6 Å². The highest BCUT2D eigenvalue weighted by Crippen LogP contribution is 2.28. The number of amides is 1. The van der Waals surface area contributed by atoms with Gasteiger partial charge >= 0.3 is 5.97 Å². The molecule has 1 saturated heterocycles. The van der Waals surface area contributed by atoms with Crippen LogP contribution in [0.4, 0.5) is 5.69 Å². The first-order valence-corrected chi connectivity index (χ1v) is 8.65. The molecule has 0 unspecified atom stereocenters. The molecule has 1 heterocycles. The van der Waals surface area contributed by atoms with Gasteiger partial charge in [-0.25, -0.2) is 0 Å². The summed E-state index contributed by atoms with van der Waals surface area (Å²) in [4.78, 5) is 28.3. The lowest BCUT2D eigenvalue weighted by Gasteiger charge is -2.38. The molecule has 1 aliphatic carbocycles. The molecule has 1 fully saturated rings. The highest BCUT2D eigenvalue weighted by atomic mass is 16.5. The van der Waals surface area contributed by atoms with Crippen LogP contribution in [0.15, 0.2) is 36.4 Å². The summed E-state index contributed by atoms with van der Waals surface area (Å²) in [5.41, 5.74) is 1.11. The Bertz CT molecular complexity index is 648. The van der Waals surface area contributed by atoms with Gasteiger partial charge in [0.2, 0.25) is 5.91 Å². The van der Waals surface area contributed by atoms with Crippen LogP contribution in [0.3, 0.4) is 0 Å². The number of carboxylic acid groups (broad SMARTS) is 1. The molecule has 134 valence electrons. The molecule has 6 nitrogen and oxygen atoms in total. The standard InChI is InChI=1S/C19H24N2O4/c1-25-15-8-6-14(7-9-15)20-10-12-21(13-11-20)18(22)16-4-2-3-5-17(16)19(23)24/h2-3,6-9,16-17H,4-5,10-13H2,1H3,(H,23,24)/t16-,17+/m1/s1. The van der Waals surface area contributed by atoms with Gasteiger partial charge in [0.25, 0.3) is 0 Å². The summed E-state index contributed by atoms with van der Waals surface area (Å²) in [6, 6.07) is 7.89. The fourth-order valence-corrected chi connectivity index (χ4v) is 3.57. The second-order valence-corrected chi connectivity index (χ2v) is 6.50. The first-order valence-electron chi connectivity index (χ1n) is 8.65. The topological polar surface area (TPSA) is 70.1 Å². The Morgan fingerprint density at radius 2 is 1.60 bits per heavy atom. The van der Waals surface area contributed by atoms with E-state index in [1.54, 1.807) is 7.11 Å². The van der Waals surface area contributed by atoms with E-state index in [1.807, 2.05) is 41.3 Å². The highest BCUT2D eigenvalue weighted by molar-refractivity contribution is 5.85. The van der Waals surface area contributed by atoms with Gasteiger partial charge in [-0.2, -0.15) is 0 Å². The van der Waals surface area contributed by atoms with Gasteiger partial charge in [0.15, 0.2) is 0 Å². The first kappa shape index (κ1) is 17.3. The van der Waals surface area contributed by atoms with Gasteiger partial charge in [0.1, 0.15) is 5.75 Å². The predicted molar refractivity (Wildman–Crippen MR) is 94.8 cm³/mol. The molecule has 1 N–H and O–H groups in total. The molecule has 0 bridgehead atoms. The quantitative estimate of drug-likeness (QED) is 0.846. The number of allylic oxidation sites excluding steroid dienone is 2. The number of carboxylic acids is 1. The number of carbonyl (C=O) groups excluding carboxylic acids is 1. The lowest BCUT2D eigenvalue weighted by Crippen LogP contribution is -2.52. The minimum atomic E-state index is -0.875. The zero-order valence-electron chi connectivity index (χ0n) is 14.4. The number of hydrogen-bond donors (Lipinski definition) is 1. The third-order valence-electron chi connectivity index (χ3n) is 5.10. The Kier molecular flexibility index (Phi) is 5.26. The molecule has 1 aromatic rings. The fourth-order valence-electron chi connectivity index (χ4n) is 3.57. The number of rotatable bonds is 4. The monoisotopic (exact) mass is 344 g/mol. The van der Waals surface area contributed by atoms with Crippen LogP contribution in [0.2, 0.25) is 0 Å². The number of carbonyl (C=O) groups is 2. The van der Waals surface area contributed by atoms with Gasteiger partial charge in [-0.05, 0) is 37.1 Å². The van der Waals surface area contributed by atoms with Gasteiger partial charge in [-0.15, -0.1) is 0 Å². The Hall–Kier alpha value is -2.50. The van der Waals surface area contributed by atoms with Gasteiger partial charge in [-0.3, -0.25) is 9.59 Å². The predicted octanol–water partition coefficient (Wildman–Crippen LogP) is 2.01. The molecule has 6 heteroatoms. The minimum Gasteiger partial charge on any atom is -0.497 e. The van der Waals surface area contributed by atoms with Crippen molar-refractivity contribution in [3.63, 3.8) is 0 Å². The van der Waals surface area contributed by atoms with Crippen molar-refractivity contribution in [2.75, 3.05) is 38.2 Å². The zero-order valence-corrected chi connectivity index (χ0v) is 14.4. The maximum atomic E-state index is 12.8. The van der Waals surface area contributed by atoms with E-state index in [1.165, 1.54) is 0 Å². The largest absolute Gasteiger partial charge is 0.497 e. The lowest BCUT2D eigenvalue weighted by molar-refractivity contribution is -0.150. The van der Waals surface area contributed by atoms with E-state index in [0.29, 0.717) is 25.9 Å². The maximum absolute atomic E-state index is 12.8. The molecule has 0 saturated carbocycles. The average Bonchev–Trinajstić information content (AvgIpc) is 2.67. The number of anilines is 1. The van der Waals surface area contributed by atoms with Crippen LogP contribution in [-0.4, -0.2) is 55.2 Å². The third-order valence-corrected chi connectivity index (χ3v) is 5.10. The van der Waals surface area contributed by atoms with E-state index in [-0.39, 0.29) is 5.91 Å². The SMILES string of the molecule is COc1ccc(N2CCN(C(=O)[C@@H]3CC=CC[C@@H]3C(=O)O)CC2)cc1. The molecule has 0 aromatic heterocycles. The molecule has 0 spiro atoms. The van der Waals surface area contributed by atoms with Crippen LogP contribution in [-0.2, 0) is 9.59 Å². The van der Waals surface area contributed by atoms with Crippen LogP contribution in [0.5, 0.6) is 5.75 Å². The molecular formula is C19H24N2O4. The number of piperazine rings is 1. The molecule has 2 atom stereocenters. The Morgan fingerprint density at radius 3 is 2.16 bits per heavy atom. The minimum absolute atomic E-state index is 0.0221. The molecule has 0 radical (unpaired) electrons. The molecule has 2 aliphatic rings. The summed E-state index contributed by atoms with van der Waals surface area (Å²) in [6.45, 7) is 2.74. The van der Waals surface area contributed by atoms with Crippen molar-refractivity contribution in [2.24, 2.45) is 11.8 Å². The Labute approximate surface area is 147 Å². The van der Waals surface area contributed by atoms with Gasteiger partial charge < -0.3 is 19.6 Å². The van der Waals surface area contributed by atoms with Crippen LogP contribution >= 0.6 is 0 Å². The maximum Gasteiger partial charge on any atom is 0.307 e. The lowest BCUT2D eigenvalue weighted by atomic mass is 9.82. The van der Waals surface area contributed by atoms with E-state index in [4.69, 9.17) is 4.74 Å². The molecule has 3 rings (SSSR count). The van der Waals surface area contributed by atoms with E-state index in [2.05, 4.69) is 4.90 Å². The Morgan fingerprint density at radius 1 is 1.00 bits per heavy atom. The van der Waals surface area contributed by atoms with Crippen molar-refractivity contribution < 1.29 is 19.4 Å². The number of benzene rings is 1. The zero-order chi connectivity index (χ0) is 17.8. The second-order valence-electron chi connectivity index (χ2n) is 6.50. The van der Waals surface area contributed by atoms with Crippen molar-refractivity contribution in [3.8, 4) is 5.75 Å². The molecule has 1 aromatic carbocycles. The second kappa shape index (κ2) is 7.59. The van der Waals surface area contributed by atoms with Crippen LogP contribution in [0.25, 0.3) is 0 Å². The van der Waals surface area contributed by atoms with Gasteiger partial charge in [-0.1, -0.05) is 12.2 Å². The number of ether oxygens (including phenoxy) is 1. The van der Waals surface area contributed by atoms with Crippen molar-refractivity contribution in [1.82, 2.24) is 4.90 Å². The smallest absolute Gasteiger partial charge is 0.307 e. The molecule has 25 heavy (non-hydrogen) atoms. The number of aliphatic carboxylic acids is 1. The van der Waals surface area contributed by atoms with Crippen molar-refractivity contribution in [3.05, 3.63) is 36.4 Å². The highest BCUT2D eigenvalue weighted by Gasteiger charge is 2.37. The van der Waals surface area contributed by atoms with E-state index < -0.39 is 17.8 Å². The van der Waals surface area contributed by atoms with Crippen LogP contribution < -0.4 is 9.64 Å². The van der Waals surface area contributed by atoms with Crippen LogP contribution in [0.1, 0.15) is 12.8 Å². The van der Waals surface area contributed by atoms with E-state index in [9.17, 15) is 14.7 Å². The summed E-state index contributed by atoms with van der Waals surface area (Å²) in [7, 11) is 1.64.